The molecule has 0 radical (unpaired) electrons. The second kappa shape index (κ2) is 9.34. The Kier molecular flexibility index (Phi) is 7.14. The number of hydrogen-bond acceptors (Lipinski definition) is 4. The smallest absolute Gasteiger partial charge is 0.239 e. The second-order valence-electron chi connectivity index (χ2n) is 7.82. The van der Waals surface area contributed by atoms with Gasteiger partial charge in [0.15, 0.2) is 11.8 Å². The number of hydrogen-bond donors (Lipinski definition) is 3. The Bertz CT molecular complexity index is 806. The van der Waals surface area contributed by atoms with Crippen molar-refractivity contribution < 1.29 is 4.79 Å². The van der Waals surface area contributed by atoms with Crippen molar-refractivity contribution in [1.82, 2.24) is 30.7 Å². The summed E-state index contributed by atoms with van der Waals surface area (Å²) in [5, 5.41) is 17.6. The number of carbonyl (C=O) groups excluding carboxylic acids is 1. The van der Waals surface area contributed by atoms with E-state index in [-0.39, 0.29) is 24.0 Å². The van der Waals surface area contributed by atoms with Crippen molar-refractivity contribution in [3.05, 3.63) is 47.5 Å². The van der Waals surface area contributed by atoms with Gasteiger partial charge in [-0.15, -0.1) is 10.2 Å². The van der Waals surface area contributed by atoms with Gasteiger partial charge in [-0.25, -0.2) is 4.99 Å². The van der Waals surface area contributed by atoms with Gasteiger partial charge in [0, 0.05) is 12.6 Å². The van der Waals surface area contributed by atoms with E-state index in [2.05, 4.69) is 31.1 Å². The Balaban J connectivity index is 2.09. The number of aromatic nitrogens is 3. The third-order valence-electron chi connectivity index (χ3n) is 4.14. The molecule has 2 aromatic rings. The van der Waals surface area contributed by atoms with Gasteiger partial charge in [-0.1, -0.05) is 30.3 Å². The normalized spacial score (nSPS) is 13.1. The van der Waals surface area contributed by atoms with Crippen molar-refractivity contribution in [2.24, 2.45) is 12.0 Å². The highest BCUT2D eigenvalue weighted by molar-refractivity contribution is 5.86. The first kappa shape index (κ1) is 21.4. The standard InChI is InChI=1S/C20H31N7O/c1-14(16-10-8-7-9-11-16)23-19(22-13-18(28)24-20(3,4)5)21-12-17-26-25-15(2)27(17)6/h7-11,14H,12-13H2,1-6H3,(H,24,28)(H2,21,22,23). The SMILES string of the molecule is Cc1nnc(CN=C(NCC(=O)NC(C)(C)C)NC(C)c2ccccc2)n1C. The third kappa shape index (κ3) is 6.68. The minimum Gasteiger partial charge on any atom is -0.350 e. The van der Waals surface area contributed by atoms with Crippen molar-refractivity contribution in [3.63, 3.8) is 0 Å². The average Bonchev–Trinajstić information content (AvgIpc) is 2.95. The molecule has 1 amide bonds. The highest BCUT2D eigenvalue weighted by atomic mass is 16.2. The van der Waals surface area contributed by atoms with Gasteiger partial charge in [-0.2, -0.15) is 0 Å². The average molecular weight is 386 g/mol. The molecule has 8 nitrogen and oxygen atoms in total. The maximum Gasteiger partial charge on any atom is 0.239 e. The Morgan fingerprint density at radius 3 is 2.46 bits per heavy atom. The third-order valence-corrected chi connectivity index (χ3v) is 4.14. The van der Waals surface area contributed by atoms with Gasteiger partial charge in [0.05, 0.1) is 12.6 Å². The molecule has 8 heteroatoms. The maximum atomic E-state index is 12.2. The molecular weight excluding hydrogens is 354 g/mol. The van der Waals surface area contributed by atoms with Crippen molar-refractivity contribution >= 4 is 11.9 Å². The molecule has 0 spiro atoms. The maximum absolute atomic E-state index is 12.2. The number of aryl methyl sites for hydroxylation is 1. The molecule has 2 rings (SSSR count). The molecule has 3 N–H and O–H groups in total. The second-order valence-corrected chi connectivity index (χ2v) is 7.82. The minimum absolute atomic E-state index is 0.0272. The number of nitrogens with zero attached hydrogens (tertiary/aromatic N) is 4. The van der Waals surface area contributed by atoms with Gasteiger partial charge in [-0.05, 0) is 40.2 Å². The lowest BCUT2D eigenvalue weighted by Gasteiger charge is -2.22. The van der Waals surface area contributed by atoms with Crippen molar-refractivity contribution in [1.29, 1.82) is 0 Å². The Labute approximate surface area is 166 Å². The number of guanidine groups is 1. The van der Waals surface area contributed by atoms with Crippen LogP contribution in [0.5, 0.6) is 0 Å². The lowest BCUT2D eigenvalue weighted by molar-refractivity contribution is -0.121. The van der Waals surface area contributed by atoms with Crippen LogP contribution in [0.25, 0.3) is 0 Å². The summed E-state index contributed by atoms with van der Waals surface area (Å²) in [5.41, 5.74) is 0.849. The van der Waals surface area contributed by atoms with E-state index in [9.17, 15) is 4.79 Å². The van der Waals surface area contributed by atoms with Crippen molar-refractivity contribution in [2.45, 2.75) is 52.7 Å². The van der Waals surface area contributed by atoms with Crippen LogP contribution in [0, 0.1) is 6.92 Å². The van der Waals surface area contributed by atoms with Crippen LogP contribution in [0.3, 0.4) is 0 Å². The zero-order valence-corrected chi connectivity index (χ0v) is 17.6. The van der Waals surface area contributed by atoms with Gasteiger partial charge in [0.1, 0.15) is 12.4 Å². The molecule has 0 saturated heterocycles. The van der Waals surface area contributed by atoms with Gasteiger partial charge in [0.2, 0.25) is 5.91 Å². The van der Waals surface area contributed by atoms with Crippen LogP contribution in [0.1, 0.15) is 50.9 Å². The van der Waals surface area contributed by atoms with E-state index < -0.39 is 0 Å². The van der Waals surface area contributed by atoms with E-state index in [0.717, 1.165) is 17.2 Å². The minimum atomic E-state index is -0.281. The van der Waals surface area contributed by atoms with Gasteiger partial charge in [0.25, 0.3) is 0 Å². The monoisotopic (exact) mass is 385 g/mol. The number of amides is 1. The van der Waals surface area contributed by atoms with Gasteiger partial charge < -0.3 is 20.5 Å². The van der Waals surface area contributed by atoms with E-state index >= 15 is 0 Å². The fourth-order valence-corrected chi connectivity index (χ4v) is 2.55. The first-order valence-corrected chi connectivity index (χ1v) is 9.41. The van der Waals surface area contributed by atoms with E-state index in [1.54, 1.807) is 0 Å². The van der Waals surface area contributed by atoms with E-state index in [1.807, 2.05) is 76.6 Å². The molecule has 1 aromatic carbocycles. The number of carbonyl (C=O) groups is 1. The van der Waals surface area contributed by atoms with Crippen LogP contribution < -0.4 is 16.0 Å². The molecule has 0 bridgehead atoms. The lowest BCUT2D eigenvalue weighted by Crippen LogP contribution is -2.48. The first-order valence-electron chi connectivity index (χ1n) is 9.41. The van der Waals surface area contributed by atoms with Crippen molar-refractivity contribution in [3.8, 4) is 0 Å². The highest BCUT2D eigenvalue weighted by Gasteiger charge is 2.15. The topological polar surface area (TPSA) is 96.2 Å². The zero-order valence-electron chi connectivity index (χ0n) is 17.6. The van der Waals surface area contributed by atoms with Crippen LogP contribution in [-0.4, -0.2) is 38.7 Å². The van der Waals surface area contributed by atoms with Crippen LogP contribution in [0.2, 0.25) is 0 Å². The Hall–Kier alpha value is -2.90. The number of aliphatic imine (C=N–C) groups is 1. The lowest BCUT2D eigenvalue weighted by atomic mass is 10.1. The van der Waals surface area contributed by atoms with Crippen LogP contribution in [0.4, 0.5) is 0 Å². The Morgan fingerprint density at radius 2 is 1.89 bits per heavy atom. The molecule has 1 unspecified atom stereocenters. The fourth-order valence-electron chi connectivity index (χ4n) is 2.55. The summed E-state index contributed by atoms with van der Waals surface area (Å²) in [4.78, 5) is 16.8. The molecule has 1 heterocycles. The van der Waals surface area contributed by atoms with Crippen molar-refractivity contribution in [2.75, 3.05) is 6.54 Å². The summed E-state index contributed by atoms with van der Waals surface area (Å²) in [6.45, 7) is 10.3. The molecule has 28 heavy (non-hydrogen) atoms. The van der Waals surface area contributed by atoms with E-state index in [1.165, 1.54) is 0 Å². The van der Waals surface area contributed by atoms with Crippen LogP contribution in [-0.2, 0) is 18.4 Å². The summed E-state index contributed by atoms with van der Waals surface area (Å²) in [7, 11) is 1.91. The first-order chi connectivity index (χ1) is 13.2. The Morgan fingerprint density at radius 1 is 1.21 bits per heavy atom. The number of rotatable bonds is 6. The molecular formula is C20H31N7O. The summed E-state index contributed by atoms with van der Waals surface area (Å²) in [5.74, 6) is 2.03. The summed E-state index contributed by atoms with van der Waals surface area (Å²) >= 11 is 0. The van der Waals surface area contributed by atoms with Crippen LogP contribution >= 0.6 is 0 Å². The molecule has 0 aliphatic rings. The fraction of sp³-hybridized carbons (Fsp3) is 0.500. The number of nitrogens with one attached hydrogen (secondary N) is 3. The molecule has 0 aliphatic carbocycles. The quantitative estimate of drug-likeness (QED) is 0.521. The molecule has 0 aliphatic heterocycles. The summed E-state index contributed by atoms with van der Waals surface area (Å²) in [6, 6.07) is 10.1. The molecule has 0 saturated carbocycles. The molecule has 1 atom stereocenters. The molecule has 152 valence electrons. The summed E-state index contributed by atoms with van der Waals surface area (Å²) in [6.07, 6.45) is 0. The predicted molar refractivity (Wildman–Crippen MR) is 111 cm³/mol. The largest absolute Gasteiger partial charge is 0.350 e. The predicted octanol–water partition coefficient (Wildman–Crippen LogP) is 1.83. The number of benzene rings is 1. The zero-order chi connectivity index (χ0) is 20.7. The summed E-state index contributed by atoms with van der Waals surface area (Å²) < 4.78 is 1.90. The van der Waals surface area contributed by atoms with E-state index in [4.69, 9.17) is 0 Å². The van der Waals surface area contributed by atoms with Gasteiger partial charge in [-0.3, -0.25) is 4.79 Å². The van der Waals surface area contributed by atoms with Crippen LogP contribution in [0.15, 0.2) is 35.3 Å². The molecule has 0 fully saturated rings. The molecule has 1 aromatic heterocycles. The van der Waals surface area contributed by atoms with Gasteiger partial charge >= 0.3 is 0 Å². The highest BCUT2D eigenvalue weighted by Crippen LogP contribution is 2.11. The van der Waals surface area contributed by atoms with E-state index in [0.29, 0.717) is 12.5 Å².